The van der Waals surface area contributed by atoms with Crippen LogP contribution in [0, 0.1) is 0 Å². The highest BCUT2D eigenvalue weighted by molar-refractivity contribution is 8.26. The van der Waals surface area contributed by atoms with E-state index in [1.54, 1.807) is 18.1 Å². The van der Waals surface area contributed by atoms with Gasteiger partial charge in [-0.1, -0.05) is 78.4 Å². The summed E-state index contributed by atoms with van der Waals surface area (Å²) in [5.41, 5.74) is 4.34. The van der Waals surface area contributed by atoms with Crippen LogP contribution in [-0.4, -0.2) is 40.0 Å². The molecule has 2 heterocycles. The molecule has 0 atom stereocenters. The second-order valence-corrected chi connectivity index (χ2v) is 9.96. The molecule has 1 fully saturated rings. The van der Waals surface area contributed by atoms with E-state index in [0.717, 1.165) is 28.5 Å². The monoisotopic (exact) mass is 504 g/mol. The molecule has 8 heteroatoms. The second kappa shape index (κ2) is 9.98. The molecule has 4 nitrogen and oxygen atoms in total. The van der Waals surface area contributed by atoms with Gasteiger partial charge in [-0.15, -0.1) is 0 Å². The summed E-state index contributed by atoms with van der Waals surface area (Å²) in [6.07, 6.45) is 4.92. The molecule has 3 aromatic rings. The Hall–Kier alpha value is -1.83. The molecule has 0 spiro atoms. The number of amides is 1. The Balaban J connectivity index is 1.77. The first-order valence-corrected chi connectivity index (χ1v) is 12.2. The Morgan fingerprint density at radius 1 is 1.19 bits per heavy atom. The van der Waals surface area contributed by atoms with Gasteiger partial charge in [0.15, 0.2) is 0 Å². The van der Waals surface area contributed by atoms with Crippen LogP contribution in [0.2, 0.25) is 10.0 Å². The quantitative estimate of drug-likeness (QED) is 0.275. The number of carbonyl (C=O) groups excluding carboxylic acids is 1. The SMILES string of the molecule is CCc1cccc2c(/C=C3\SC(=S)N(CCOC)C3=O)cn(Cc3ccc(Cl)cc3Cl)c12. The number of thioether (sulfide) groups is 1. The number of benzene rings is 2. The number of carbonyl (C=O) groups is 1. The van der Waals surface area contributed by atoms with Gasteiger partial charge >= 0.3 is 0 Å². The minimum atomic E-state index is -0.0784. The summed E-state index contributed by atoms with van der Waals surface area (Å²) in [5.74, 6) is -0.0784. The highest BCUT2D eigenvalue weighted by Crippen LogP contribution is 2.35. The number of thiocarbonyl (C=S) groups is 1. The fourth-order valence-electron chi connectivity index (χ4n) is 3.84. The summed E-state index contributed by atoms with van der Waals surface area (Å²) in [4.78, 5) is 15.1. The standard InChI is InChI=1S/C24H22Cl2N2O2S2/c1-3-15-5-4-6-19-17(11-21-23(29)28(9-10-30-2)24(31)32-21)14-27(22(15)19)13-16-7-8-18(25)12-20(16)26/h4-8,11-12,14H,3,9-10,13H2,1-2H3/b21-11-. The summed E-state index contributed by atoms with van der Waals surface area (Å²) in [6, 6.07) is 11.8. The van der Waals surface area contributed by atoms with E-state index in [-0.39, 0.29) is 5.91 Å². The fourth-order valence-corrected chi connectivity index (χ4v) is 5.61. The average Bonchev–Trinajstić information content (AvgIpc) is 3.25. The van der Waals surface area contributed by atoms with Crippen molar-refractivity contribution in [3.8, 4) is 0 Å². The van der Waals surface area contributed by atoms with Crippen molar-refractivity contribution in [1.29, 1.82) is 0 Å². The molecule has 0 aliphatic carbocycles. The van der Waals surface area contributed by atoms with Gasteiger partial charge in [0, 0.05) is 40.8 Å². The van der Waals surface area contributed by atoms with Crippen LogP contribution in [0.5, 0.6) is 0 Å². The molecule has 1 amide bonds. The molecular formula is C24H22Cl2N2O2S2. The van der Waals surface area contributed by atoms with Crippen molar-refractivity contribution in [3.05, 3.63) is 74.2 Å². The van der Waals surface area contributed by atoms with Gasteiger partial charge in [0.2, 0.25) is 0 Å². The molecule has 0 N–H and O–H groups in total. The van der Waals surface area contributed by atoms with Crippen LogP contribution in [0.1, 0.15) is 23.6 Å². The molecule has 0 saturated carbocycles. The zero-order valence-corrected chi connectivity index (χ0v) is 20.9. The number of para-hydroxylation sites is 1. The molecule has 2 aromatic carbocycles. The lowest BCUT2D eigenvalue weighted by Gasteiger charge is -2.12. The third-order valence-electron chi connectivity index (χ3n) is 5.43. The van der Waals surface area contributed by atoms with Gasteiger partial charge in [0.25, 0.3) is 5.91 Å². The fraction of sp³-hybridized carbons (Fsp3) is 0.250. The average molecular weight is 505 g/mol. The first-order chi connectivity index (χ1) is 15.4. The van der Waals surface area contributed by atoms with Crippen LogP contribution in [0.4, 0.5) is 0 Å². The number of methoxy groups -OCH3 is 1. The summed E-state index contributed by atoms with van der Waals surface area (Å²) < 4.78 is 7.86. The maximum absolute atomic E-state index is 12.9. The van der Waals surface area contributed by atoms with E-state index < -0.39 is 0 Å². The van der Waals surface area contributed by atoms with E-state index in [1.807, 2.05) is 18.2 Å². The number of nitrogens with zero attached hydrogens (tertiary/aromatic N) is 2. The summed E-state index contributed by atoms with van der Waals surface area (Å²) in [5, 5.41) is 2.34. The first-order valence-electron chi connectivity index (χ1n) is 10.2. The van der Waals surface area contributed by atoms with Crippen molar-refractivity contribution in [2.24, 2.45) is 0 Å². The second-order valence-electron chi connectivity index (χ2n) is 7.44. The van der Waals surface area contributed by atoms with E-state index in [2.05, 4.69) is 35.9 Å². The lowest BCUT2D eigenvalue weighted by molar-refractivity contribution is -0.122. The Morgan fingerprint density at radius 3 is 2.72 bits per heavy atom. The van der Waals surface area contributed by atoms with Gasteiger partial charge in [0.1, 0.15) is 4.32 Å². The Morgan fingerprint density at radius 2 is 2.00 bits per heavy atom. The molecule has 0 unspecified atom stereocenters. The first kappa shape index (κ1) is 23.3. The number of hydrogen-bond donors (Lipinski definition) is 0. The lowest BCUT2D eigenvalue weighted by atomic mass is 10.1. The molecule has 32 heavy (non-hydrogen) atoms. The van der Waals surface area contributed by atoms with Crippen molar-refractivity contribution in [2.75, 3.05) is 20.3 Å². The normalized spacial score (nSPS) is 15.5. The molecule has 1 aliphatic heterocycles. The maximum atomic E-state index is 12.9. The van der Waals surface area contributed by atoms with Crippen molar-refractivity contribution in [2.45, 2.75) is 19.9 Å². The van der Waals surface area contributed by atoms with E-state index in [0.29, 0.717) is 39.0 Å². The number of rotatable bonds is 7. The zero-order valence-electron chi connectivity index (χ0n) is 17.7. The highest BCUT2D eigenvalue weighted by atomic mass is 35.5. The van der Waals surface area contributed by atoms with Crippen LogP contribution < -0.4 is 0 Å². The highest BCUT2D eigenvalue weighted by Gasteiger charge is 2.32. The number of hydrogen-bond acceptors (Lipinski definition) is 4. The summed E-state index contributed by atoms with van der Waals surface area (Å²) in [7, 11) is 1.61. The molecule has 1 aliphatic rings. The van der Waals surface area contributed by atoms with E-state index in [1.165, 1.54) is 17.3 Å². The van der Waals surface area contributed by atoms with Gasteiger partial charge < -0.3 is 9.30 Å². The largest absolute Gasteiger partial charge is 0.383 e. The lowest BCUT2D eigenvalue weighted by Crippen LogP contribution is -2.31. The summed E-state index contributed by atoms with van der Waals surface area (Å²) in [6.45, 7) is 3.64. The zero-order chi connectivity index (χ0) is 22.8. The van der Waals surface area contributed by atoms with Gasteiger partial charge in [0.05, 0.1) is 23.6 Å². The number of aryl methyl sites for hydroxylation is 1. The third kappa shape index (κ3) is 4.61. The Bertz CT molecular complexity index is 1240. The maximum Gasteiger partial charge on any atom is 0.266 e. The Labute approximate surface area is 207 Å². The topological polar surface area (TPSA) is 34.5 Å². The van der Waals surface area contributed by atoms with Gasteiger partial charge in [-0.2, -0.15) is 0 Å². The summed E-state index contributed by atoms with van der Waals surface area (Å²) >= 11 is 19.3. The Kier molecular flexibility index (Phi) is 7.27. The van der Waals surface area contributed by atoms with E-state index >= 15 is 0 Å². The molecule has 1 aromatic heterocycles. The van der Waals surface area contributed by atoms with Crippen molar-refractivity contribution < 1.29 is 9.53 Å². The van der Waals surface area contributed by atoms with Crippen molar-refractivity contribution in [3.63, 3.8) is 0 Å². The van der Waals surface area contributed by atoms with Crippen LogP contribution in [0.25, 0.3) is 17.0 Å². The number of fused-ring (bicyclic) bond motifs is 1. The predicted molar refractivity (Wildman–Crippen MR) is 139 cm³/mol. The van der Waals surface area contributed by atoms with E-state index in [9.17, 15) is 4.79 Å². The number of halogens is 2. The van der Waals surface area contributed by atoms with Crippen LogP contribution >= 0.6 is 47.2 Å². The molecule has 1 saturated heterocycles. The van der Waals surface area contributed by atoms with E-state index in [4.69, 9.17) is 40.2 Å². The van der Waals surface area contributed by atoms with Crippen LogP contribution in [0.3, 0.4) is 0 Å². The molecule has 0 bridgehead atoms. The number of aromatic nitrogens is 1. The third-order valence-corrected chi connectivity index (χ3v) is 7.39. The van der Waals surface area contributed by atoms with Gasteiger partial charge in [-0.3, -0.25) is 9.69 Å². The minimum absolute atomic E-state index is 0.0784. The van der Waals surface area contributed by atoms with Crippen LogP contribution in [-0.2, 0) is 22.5 Å². The minimum Gasteiger partial charge on any atom is -0.383 e. The van der Waals surface area contributed by atoms with Crippen molar-refractivity contribution >= 4 is 74.4 Å². The predicted octanol–water partition coefficient (Wildman–Crippen LogP) is 6.41. The number of ether oxygens (including phenoxy) is 1. The van der Waals surface area contributed by atoms with Crippen molar-refractivity contribution in [1.82, 2.24) is 9.47 Å². The van der Waals surface area contributed by atoms with Crippen LogP contribution in [0.15, 0.2) is 47.5 Å². The molecule has 166 valence electrons. The molecular weight excluding hydrogens is 483 g/mol. The molecule has 0 radical (unpaired) electrons. The smallest absolute Gasteiger partial charge is 0.266 e. The molecule has 4 rings (SSSR count). The van der Waals surface area contributed by atoms with Gasteiger partial charge in [-0.05, 0) is 35.8 Å². The van der Waals surface area contributed by atoms with Gasteiger partial charge in [-0.25, -0.2) is 0 Å².